The van der Waals surface area contributed by atoms with Crippen LogP contribution in [0, 0.1) is 0 Å². The van der Waals surface area contributed by atoms with Gasteiger partial charge in [-0.15, -0.1) is 0 Å². The van der Waals surface area contributed by atoms with Crippen LogP contribution in [0.4, 0.5) is 0 Å². The van der Waals surface area contributed by atoms with Crippen molar-refractivity contribution in [3.63, 3.8) is 0 Å². The Balaban J connectivity index is 2.32. The number of rotatable bonds is 0. The molecule has 0 aromatic carbocycles. The summed E-state index contributed by atoms with van der Waals surface area (Å²) in [6, 6.07) is 0. The van der Waals surface area contributed by atoms with Crippen molar-refractivity contribution in [3.8, 4) is 0 Å². The van der Waals surface area contributed by atoms with E-state index >= 15 is 0 Å². The summed E-state index contributed by atoms with van der Waals surface area (Å²) >= 11 is 0. The molecule has 1 rings (SSSR count). The van der Waals surface area contributed by atoms with Crippen LogP contribution in [-0.2, 0) is 0 Å². The largest absolute Gasteiger partial charge is 0.269 e. The van der Waals surface area contributed by atoms with Gasteiger partial charge >= 0.3 is 0 Å². The summed E-state index contributed by atoms with van der Waals surface area (Å²) in [5.41, 5.74) is 5.29. The molecule has 0 unspecified atom stereocenters. The monoisotopic (exact) mass is 71.0 g/mol. The molecule has 0 saturated carbocycles. The summed E-state index contributed by atoms with van der Waals surface area (Å²) in [5.74, 6) is 0. The second-order valence-electron chi connectivity index (χ2n) is 0.804. The molecular formula is C2H5N3+. The van der Waals surface area contributed by atoms with Crippen molar-refractivity contribution in [1.82, 2.24) is 16.1 Å². The van der Waals surface area contributed by atoms with Gasteiger partial charge in [-0.2, -0.15) is 5.43 Å². The molecule has 0 spiro atoms. The Hall–Kier alpha value is -0.570. The van der Waals surface area contributed by atoms with Gasteiger partial charge in [0.05, 0.1) is 0 Å². The highest BCUT2D eigenvalue weighted by Crippen LogP contribution is 1.44. The van der Waals surface area contributed by atoms with E-state index in [1.54, 1.807) is 6.21 Å². The predicted molar refractivity (Wildman–Crippen MR) is 19.3 cm³/mol. The zero-order chi connectivity index (χ0) is 3.54. The topological polar surface area (TPSA) is 38.2 Å². The molecule has 0 atom stereocenters. The number of hydrogen-bond acceptors (Lipinski definition) is 3. The van der Waals surface area contributed by atoms with Crippen LogP contribution in [0.5, 0.6) is 0 Å². The van der Waals surface area contributed by atoms with E-state index in [-0.39, 0.29) is 0 Å². The first-order valence-corrected chi connectivity index (χ1v) is 1.49. The number of hydrazone groups is 1. The van der Waals surface area contributed by atoms with Crippen LogP contribution in [0.25, 0.3) is 0 Å². The Morgan fingerprint density at radius 1 is 1.80 bits per heavy atom. The standard InChI is InChI=1S/C2H5N3/c1-2-4-5-3-1/h1,4-5H,2H2/q+1. The second-order valence-corrected chi connectivity index (χ2v) is 0.804. The van der Waals surface area contributed by atoms with E-state index in [0.29, 0.717) is 0 Å². The number of hydrogen-bond donors (Lipinski definition) is 2. The van der Waals surface area contributed by atoms with E-state index in [1.165, 1.54) is 0 Å². The van der Waals surface area contributed by atoms with Crippen LogP contribution in [-0.4, -0.2) is 12.8 Å². The van der Waals surface area contributed by atoms with Crippen LogP contribution in [0.15, 0.2) is 0 Å². The van der Waals surface area contributed by atoms with Gasteiger partial charge < -0.3 is 0 Å². The molecule has 1 heterocycles. The minimum Gasteiger partial charge on any atom is -0.171 e. The van der Waals surface area contributed by atoms with Crippen molar-refractivity contribution in [2.75, 3.05) is 6.54 Å². The molecule has 0 saturated heterocycles. The smallest absolute Gasteiger partial charge is 0.171 e. The maximum absolute atomic E-state index is 3.60. The Bertz CT molecular complexity index is 42.9. The molecule has 0 fully saturated rings. The van der Waals surface area contributed by atoms with Crippen LogP contribution in [0.1, 0.15) is 0 Å². The Morgan fingerprint density at radius 2 is 2.80 bits per heavy atom. The molecule has 0 bridgehead atoms. The normalized spacial score (nSPS) is 19.2. The average molecular weight is 71.1 g/mol. The van der Waals surface area contributed by atoms with Gasteiger partial charge in [-0.25, -0.2) is 0 Å². The van der Waals surface area contributed by atoms with Gasteiger partial charge in [0.25, 0.3) is 6.21 Å². The van der Waals surface area contributed by atoms with E-state index in [1.807, 2.05) is 0 Å². The van der Waals surface area contributed by atoms with Crippen molar-refractivity contribution in [2.45, 2.75) is 0 Å². The fourth-order valence-corrected chi connectivity index (χ4v) is 0.228. The number of nitrogens with one attached hydrogen (secondary N) is 2. The van der Waals surface area contributed by atoms with Gasteiger partial charge in [0.15, 0.2) is 5.10 Å². The molecule has 1 aliphatic heterocycles. The van der Waals surface area contributed by atoms with E-state index in [2.05, 4.69) is 16.1 Å². The summed E-state index contributed by atoms with van der Waals surface area (Å²) in [7, 11) is 0. The summed E-state index contributed by atoms with van der Waals surface area (Å²) in [6.45, 7) is 0.847. The molecule has 1 aliphatic rings. The lowest BCUT2D eigenvalue weighted by Crippen LogP contribution is -2.24. The third kappa shape index (κ3) is 0.357. The highest BCUT2D eigenvalue weighted by molar-refractivity contribution is 5.58. The van der Waals surface area contributed by atoms with Crippen molar-refractivity contribution in [1.29, 1.82) is 0 Å². The molecule has 3 heteroatoms. The predicted octanol–water partition coefficient (Wildman–Crippen LogP) is -1.58. The molecule has 27 valence electrons. The van der Waals surface area contributed by atoms with Crippen LogP contribution >= 0.6 is 0 Å². The number of hydrazine groups is 1. The maximum Gasteiger partial charge on any atom is 0.269 e. The molecule has 1 radical (unpaired) electrons. The van der Waals surface area contributed by atoms with Crippen molar-refractivity contribution < 1.29 is 0 Å². The third-order valence-electron chi connectivity index (χ3n) is 0.428. The first-order chi connectivity index (χ1) is 2.50. The number of nitrogens with zero attached hydrogens (tertiary/aromatic N) is 1. The van der Waals surface area contributed by atoms with Crippen LogP contribution < -0.4 is 16.1 Å². The molecule has 3 nitrogen and oxygen atoms in total. The summed E-state index contributed by atoms with van der Waals surface area (Å²) in [4.78, 5) is 0. The lowest BCUT2D eigenvalue weighted by atomic mass is 10.8. The van der Waals surface area contributed by atoms with E-state index < -0.39 is 0 Å². The molecule has 2 N–H and O–H groups in total. The van der Waals surface area contributed by atoms with Crippen molar-refractivity contribution in [2.24, 2.45) is 0 Å². The van der Waals surface area contributed by atoms with E-state index in [4.69, 9.17) is 0 Å². The Labute approximate surface area is 30.0 Å². The van der Waals surface area contributed by atoms with Gasteiger partial charge in [0.2, 0.25) is 0 Å². The SMILES string of the molecule is C1=[N+]NNC1. The van der Waals surface area contributed by atoms with Gasteiger partial charge in [0.1, 0.15) is 6.54 Å². The zero-order valence-electron chi connectivity index (χ0n) is 2.73. The quantitative estimate of drug-likeness (QED) is 0.361. The lowest BCUT2D eigenvalue weighted by Gasteiger charge is -1.69. The summed E-state index contributed by atoms with van der Waals surface area (Å²) in [6.07, 6.45) is 1.76. The van der Waals surface area contributed by atoms with E-state index in [9.17, 15) is 0 Å². The summed E-state index contributed by atoms with van der Waals surface area (Å²) < 4.78 is 0. The zero-order valence-corrected chi connectivity index (χ0v) is 2.73. The van der Waals surface area contributed by atoms with Gasteiger partial charge in [-0.3, -0.25) is 0 Å². The second kappa shape index (κ2) is 1.03. The van der Waals surface area contributed by atoms with Gasteiger partial charge in [0, 0.05) is 0 Å². The first-order valence-electron chi connectivity index (χ1n) is 1.49. The van der Waals surface area contributed by atoms with Crippen molar-refractivity contribution in [3.05, 3.63) is 0 Å². The average Bonchev–Trinajstić information content (AvgIpc) is 1.76. The molecule has 0 aliphatic carbocycles. The van der Waals surface area contributed by atoms with Crippen LogP contribution in [0.3, 0.4) is 0 Å². The minimum atomic E-state index is 0.847. The van der Waals surface area contributed by atoms with Crippen LogP contribution in [0.2, 0.25) is 0 Å². The molecule has 0 aromatic rings. The van der Waals surface area contributed by atoms with E-state index in [0.717, 1.165) is 6.54 Å². The molecular weight excluding hydrogens is 66.0 g/mol. The Kier molecular flexibility index (Phi) is 0.548. The highest BCUT2D eigenvalue weighted by atomic mass is 15.6. The minimum absolute atomic E-state index is 0.847. The third-order valence-corrected chi connectivity index (χ3v) is 0.428. The molecule has 0 amide bonds. The maximum atomic E-state index is 3.60. The molecule has 5 heavy (non-hydrogen) atoms. The fourth-order valence-electron chi connectivity index (χ4n) is 0.228. The lowest BCUT2D eigenvalue weighted by molar-refractivity contribution is 0.608. The first kappa shape index (κ1) is 2.66. The van der Waals surface area contributed by atoms with Gasteiger partial charge in [-0.05, 0) is 0 Å². The van der Waals surface area contributed by atoms with Crippen molar-refractivity contribution >= 4 is 6.21 Å². The Morgan fingerprint density at radius 3 is 3.00 bits per heavy atom. The van der Waals surface area contributed by atoms with Gasteiger partial charge in [-0.1, -0.05) is 5.53 Å². The highest BCUT2D eigenvalue weighted by Gasteiger charge is 1.95. The molecule has 0 aromatic heterocycles. The fraction of sp³-hybridized carbons (Fsp3) is 0.500. The summed E-state index contributed by atoms with van der Waals surface area (Å²) in [5, 5.41) is 3.60.